The van der Waals surface area contributed by atoms with Gasteiger partial charge in [0.2, 0.25) is 0 Å². The van der Waals surface area contributed by atoms with Gasteiger partial charge in [-0.05, 0) is 45.7 Å². The highest BCUT2D eigenvalue weighted by Gasteiger charge is 2.22. The number of hydrogen-bond donors (Lipinski definition) is 1. The van der Waals surface area contributed by atoms with Gasteiger partial charge < -0.3 is 19.7 Å². The summed E-state index contributed by atoms with van der Waals surface area (Å²) < 4.78 is 11.1. The van der Waals surface area contributed by atoms with Gasteiger partial charge in [0, 0.05) is 52.5 Å². The maximum Gasteiger partial charge on any atom is 0.193 e. The number of rotatable bonds is 11. The molecule has 2 rings (SSSR count). The minimum atomic E-state index is 0.363. The number of likely N-dealkylation sites (N-methyl/N-ethyl adjacent to an activating group) is 1. The summed E-state index contributed by atoms with van der Waals surface area (Å²) in [6, 6.07) is 11.0. The molecule has 0 saturated carbocycles. The van der Waals surface area contributed by atoms with E-state index < -0.39 is 0 Å². The largest absolute Gasteiger partial charge is 0.385 e. The summed E-state index contributed by atoms with van der Waals surface area (Å²) in [6.45, 7) is 10.6. The number of likely N-dealkylation sites (tertiary alicyclic amines) is 1. The highest BCUT2D eigenvalue weighted by atomic mass is 16.5. The Morgan fingerprint density at radius 1 is 1.24 bits per heavy atom. The number of guanidine groups is 1. The van der Waals surface area contributed by atoms with E-state index in [-0.39, 0.29) is 0 Å². The Morgan fingerprint density at radius 3 is 2.62 bits per heavy atom. The first-order valence-corrected chi connectivity index (χ1v) is 11.0. The van der Waals surface area contributed by atoms with Gasteiger partial charge in [-0.1, -0.05) is 30.3 Å². The second kappa shape index (κ2) is 13.6. The van der Waals surface area contributed by atoms with Crippen molar-refractivity contribution in [1.29, 1.82) is 0 Å². The third-order valence-corrected chi connectivity index (χ3v) is 5.46. The molecule has 29 heavy (non-hydrogen) atoms. The molecule has 1 N–H and O–H groups in total. The van der Waals surface area contributed by atoms with Crippen LogP contribution in [0, 0.1) is 0 Å². The minimum absolute atomic E-state index is 0.363. The molecule has 6 heteroatoms. The van der Waals surface area contributed by atoms with Gasteiger partial charge in [-0.25, -0.2) is 0 Å². The van der Waals surface area contributed by atoms with Crippen LogP contribution < -0.4 is 5.32 Å². The van der Waals surface area contributed by atoms with Crippen molar-refractivity contribution in [2.45, 2.75) is 51.8 Å². The molecule has 0 amide bonds. The second-order valence-corrected chi connectivity index (χ2v) is 7.85. The predicted molar refractivity (Wildman–Crippen MR) is 120 cm³/mol. The third kappa shape index (κ3) is 8.72. The van der Waals surface area contributed by atoms with Crippen molar-refractivity contribution in [2.24, 2.45) is 4.99 Å². The van der Waals surface area contributed by atoms with Crippen LogP contribution in [0.1, 0.15) is 38.7 Å². The summed E-state index contributed by atoms with van der Waals surface area (Å²) >= 11 is 0. The van der Waals surface area contributed by atoms with E-state index in [1.54, 1.807) is 7.11 Å². The molecule has 1 fully saturated rings. The minimum Gasteiger partial charge on any atom is -0.385 e. The maximum absolute atomic E-state index is 5.99. The Hall–Kier alpha value is -1.63. The summed E-state index contributed by atoms with van der Waals surface area (Å²) in [5.41, 5.74) is 1.34. The van der Waals surface area contributed by atoms with Crippen LogP contribution in [0.4, 0.5) is 0 Å². The molecule has 0 aromatic heterocycles. The topological polar surface area (TPSA) is 49.3 Å². The Balaban J connectivity index is 1.80. The van der Waals surface area contributed by atoms with Crippen molar-refractivity contribution < 1.29 is 9.47 Å². The highest BCUT2D eigenvalue weighted by molar-refractivity contribution is 5.80. The van der Waals surface area contributed by atoms with Gasteiger partial charge in [-0.2, -0.15) is 0 Å². The second-order valence-electron chi connectivity index (χ2n) is 7.85. The molecule has 1 aliphatic rings. The SMILES string of the molecule is CCNC(=NCC(C)N(C)Cc1ccccc1)N1CCC(OCCCOC)CC1. The van der Waals surface area contributed by atoms with Crippen molar-refractivity contribution >= 4 is 5.96 Å². The van der Waals surface area contributed by atoms with Gasteiger partial charge in [0.15, 0.2) is 5.96 Å². The van der Waals surface area contributed by atoms with Crippen LogP contribution in [-0.4, -0.2) is 81.5 Å². The molecule has 1 aromatic rings. The van der Waals surface area contributed by atoms with Gasteiger partial charge in [0.25, 0.3) is 0 Å². The zero-order chi connectivity index (χ0) is 20.9. The van der Waals surface area contributed by atoms with Crippen molar-refractivity contribution in [3.63, 3.8) is 0 Å². The molecule has 1 saturated heterocycles. The third-order valence-electron chi connectivity index (χ3n) is 5.46. The average molecular weight is 405 g/mol. The van der Waals surface area contributed by atoms with E-state index in [1.807, 2.05) is 0 Å². The van der Waals surface area contributed by atoms with E-state index in [0.717, 1.165) is 71.2 Å². The van der Waals surface area contributed by atoms with Crippen LogP contribution in [0.5, 0.6) is 0 Å². The highest BCUT2D eigenvalue weighted by Crippen LogP contribution is 2.14. The van der Waals surface area contributed by atoms with E-state index >= 15 is 0 Å². The summed E-state index contributed by atoms with van der Waals surface area (Å²) in [7, 11) is 3.91. The monoisotopic (exact) mass is 404 g/mol. The number of methoxy groups -OCH3 is 1. The van der Waals surface area contributed by atoms with E-state index in [2.05, 4.69) is 66.3 Å². The van der Waals surface area contributed by atoms with E-state index in [0.29, 0.717) is 12.1 Å². The Morgan fingerprint density at radius 2 is 1.97 bits per heavy atom. The molecule has 1 unspecified atom stereocenters. The van der Waals surface area contributed by atoms with Gasteiger partial charge in [0.05, 0.1) is 12.6 Å². The molecule has 0 spiro atoms. The fraction of sp³-hybridized carbons (Fsp3) is 0.696. The fourth-order valence-corrected chi connectivity index (χ4v) is 3.50. The summed E-state index contributed by atoms with van der Waals surface area (Å²) in [6.07, 6.45) is 3.44. The summed E-state index contributed by atoms with van der Waals surface area (Å²) in [4.78, 5) is 9.68. The number of piperidine rings is 1. The van der Waals surface area contributed by atoms with Crippen LogP contribution in [0.2, 0.25) is 0 Å². The van der Waals surface area contributed by atoms with Crippen LogP contribution in [-0.2, 0) is 16.0 Å². The van der Waals surface area contributed by atoms with E-state index in [4.69, 9.17) is 14.5 Å². The Labute approximate surface area is 177 Å². The standard InChI is InChI=1S/C23H40N4O2/c1-5-24-23(27-14-12-22(13-15-27)29-17-9-16-28-4)25-18-20(2)26(3)19-21-10-7-6-8-11-21/h6-8,10-11,20,22H,5,9,12-19H2,1-4H3,(H,24,25). The van der Waals surface area contributed by atoms with Crippen LogP contribution in [0.25, 0.3) is 0 Å². The first kappa shape index (κ1) is 23.6. The number of ether oxygens (including phenoxy) is 2. The summed E-state index contributed by atoms with van der Waals surface area (Å²) in [5, 5.41) is 3.47. The molecule has 1 heterocycles. The number of aliphatic imine (C=N–C) groups is 1. The maximum atomic E-state index is 5.99. The molecule has 1 atom stereocenters. The van der Waals surface area contributed by atoms with Crippen LogP contribution in [0.15, 0.2) is 35.3 Å². The van der Waals surface area contributed by atoms with Crippen molar-refractivity contribution in [1.82, 2.24) is 15.1 Å². The quantitative estimate of drug-likeness (QED) is 0.349. The molecule has 0 aliphatic carbocycles. The average Bonchev–Trinajstić information content (AvgIpc) is 2.75. The number of benzene rings is 1. The molecule has 1 aliphatic heterocycles. The lowest BCUT2D eigenvalue weighted by molar-refractivity contribution is 0.00989. The molecule has 6 nitrogen and oxygen atoms in total. The van der Waals surface area contributed by atoms with Crippen molar-refractivity contribution in [3.05, 3.63) is 35.9 Å². The Kier molecular flexibility index (Phi) is 11.1. The zero-order valence-electron chi connectivity index (χ0n) is 18.8. The van der Waals surface area contributed by atoms with Crippen LogP contribution in [0.3, 0.4) is 0 Å². The Bertz CT molecular complexity index is 574. The van der Waals surface area contributed by atoms with Gasteiger partial charge in [0.1, 0.15) is 0 Å². The summed E-state index contributed by atoms with van der Waals surface area (Å²) in [5.74, 6) is 1.03. The molecule has 1 aromatic carbocycles. The fourth-order valence-electron chi connectivity index (χ4n) is 3.50. The van der Waals surface area contributed by atoms with E-state index in [1.165, 1.54) is 5.56 Å². The van der Waals surface area contributed by atoms with Crippen LogP contribution >= 0.6 is 0 Å². The number of nitrogens with one attached hydrogen (secondary N) is 1. The molecule has 164 valence electrons. The van der Waals surface area contributed by atoms with Crippen molar-refractivity contribution in [2.75, 3.05) is 53.6 Å². The van der Waals surface area contributed by atoms with Gasteiger partial charge in [-0.3, -0.25) is 9.89 Å². The molecular weight excluding hydrogens is 364 g/mol. The molecule has 0 bridgehead atoms. The molecule has 0 radical (unpaired) electrons. The predicted octanol–water partition coefficient (Wildman–Crippen LogP) is 2.99. The lowest BCUT2D eigenvalue weighted by atomic mass is 10.1. The van der Waals surface area contributed by atoms with E-state index in [9.17, 15) is 0 Å². The molecular formula is C23H40N4O2. The van der Waals surface area contributed by atoms with Gasteiger partial charge in [-0.15, -0.1) is 0 Å². The lowest BCUT2D eigenvalue weighted by Gasteiger charge is -2.34. The first-order valence-electron chi connectivity index (χ1n) is 11.0. The smallest absolute Gasteiger partial charge is 0.193 e. The van der Waals surface area contributed by atoms with Crippen molar-refractivity contribution in [3.8, 4) is 0 Å². The normalized spacial score (nSPS) is 17.0. The van der Waals surface area contributed by atoms with Gasteiger partial charge >= 0.3 is 0 Å². The zero-order valence-corrected chi connectivity index (χ0v) is 18.8. The lowest BCUT2D eigenvalue weighted by Crippen LogP contribution is -2.47. The number of nitrogens with zero attached hydrogens (tertiary/aromatic N) is 3. The number of hydrogen-bond acceptors (Lipinski definition) is 4. The first-order chi connectivity index (χ1) is 14.1.